The first-order valence-corrected chi connectivity index (χ1v) is 8.65. The van der Waals surface area contributed by atoms with E-state index in [0.717, 1.165) is 11.6 Å². The Labute approximate surface area is 157 Å². The molecule has 2 aromatic rings. The minimum Gasteiger partial charge on any atom is -0.373 e. The molecular weight excluding hydrogens is 349 g/mol. The van der Waals surface area contributed by atoms with Gasteiger partial charge in [0.2, 0.25) is 0 Å². The van der Waals surface area contributed by atoms with E-state index < -0.39 is 5.82 Å². The number of rotatable bonds is 4. The first-order valence-electron chi connectivity index (χ1n) is 8.65. The monoisotopic (exact) mass is 371 g/mol. The first kappa shape index (κ1) is 19.0. The van der Waals surface area contributed by atoms with Gasteiger partial charge in [-0.1, -0.05) is 0 Å². The molecule has 0 saturated carbocycles. The van der Waals surface area contributed by atoms with Gasteiger partial charge in [-0.25, -0.2) is 4.39 Å². The fourth-order valence-electron chi connectivity index (χ4n) is 3.40. The van der Waals surface area contributed by atoms with Crippen molar-refractivity contribution in [2.75, 3.05) is 33.8 Å². The molecule has 1 aromatic carbocycles. The average Bonchev–Trinajstić information content (AvgIpc) is 3.05. The van der Waals surface area contributed by atoms with E-state index in [4.69, 9.17) is 10.00 Å². The highest BCUT2D eigenvalue weighted by Gasteiger charge is 2.37. The highest BCUT2D eigenvalue weighted by atomic mass is 19.1. The molecule has 0 radical (unpaired) electrons. The maximum Gasteiger partial charge on any atom is 0.254 e. The molecule has 27 heavy (non-hydrogen) atoms. The van der Waals surface area contributed by atoms with Crippen molar-refractivity contribution in [1.29, 1.82) is 5.26 Å². The number of carbonyl (C=O) groups is 1. The highest BCUT2D eigenvalue weighted by molar-refractivity contribution is 5.95. The van der Waals surface area contributed by atoms with Gasteiger partial charge < -0.3 is 14.5 Å². The van der Waals surface area contributed by atoms with Gasteiger partial charge in [0.15, 0.2) is 0 Å². The molecule has 0 spiro atoms. The van der Waals surface area contributed by atoms with E-state index in [2.05, 4.69) is 5.10 Å². The summed E-state index contributed by atoms with van der Waals surface area (Å²) in [5.74, 6) is -0.930. The maximum atomic E-state index is 13.8. The predicted molar refractivity (Wildman–Crippen MR) is 96.4 cm³/mol. The molecule has 8 heteroatoms. The van der Waals surface area contributed by atoms with Crippen LogP contribution < -0.4 is 0 Å². The van der Waals surface area contributed by atoms with E-state index in [0.29, 0.717) is 19.7 Å². The largest absolute Gasteiger partial charge is 0.373 e. The van der Waals surface area contributed by atoms with E-state index in [9.17, 15) is 9.18 Å². The van der Waals surface area contributed by atoms with Crippen molar-refractivity contribution < 1.29 is 13.9 Å². The zero-order valence-corrected chi connectivity index (χ0v) is 15.6. The molecular formula is C19H22FN5O2. The van der Waals surface area contributed by atoms with Crippen LogP contribution in [0.15, 0.2) is 30.6 Å². The Hall–Kier alpha value is -2.76. The minimum absolute atomic E-state index is 0.120. The van der Waals surface area contributed by atoms with Crippen LogP contribution in [0.2, 0.25) is 0 Å². The second kappa shape index (κ2) is 7.86. The molecule has 1 aromatic heterocycles. The van der Waals surface area contributed by atoms with Gasteiger partial charge in [-0.05, 0) is 32.3 Å². The number of ether oxygens (including phenoxy) is 1. The van der Waals surface area contributed by atoms with E-state index in [1.54, 1.807) is 15.8 Å². The van der Waals surface area contributed by atoms with Crippen LogP contribution in [0.25, 0.3) is 0 Å². The lowest BCUT2D eigenvalue weighted by molar-refractivity contribution is -0.0684. The fraction of sp³-hybridized carbons (Fsp3) is 0.421. The number of aromatic nitrogens is 2. The lowest BCUT2D eigenvalue weighted by Gasteiger charge is -2.41. The predicted octanol–water partition coefficient (Wildman–Crippen LogP) is 1.57. The van der Waals surface area contributed by atoms with Crippen molar-refractivity contribution in [2.24, 2.45) is 7.05 Å². The minimum atomic E-state index is -0.603. The zero-order valence-electron chi connectivity index (χ0n) is 15.6. The molecule has 0 aliphatic carbocycles. The summed E-state index contributed by atoms with van der Waals surface area (Å²) in [7, 11) is 5.69. The van der Waals surface area contributed by atoms with Crippen molar-refractivity contribution in [2.45, 2.75) is 12.1 Å². The summed E-state index contributed by atoms with van der Waals surface area (Å²) in [6.45, 7) is 1.39. The number of morpholine rings is 1. The van der Waals surface area contributed by atoms with Gasteiger partial charge in [0, 0.05) is 37.5 Å². The molecule has 1 fully saturated rings. The van der Waals surface area contributed by atoms with Gasteiger partial charge in [-0.2, -0.15) is 10.4 Å². The number of aryl methyl sites for hydroxylation is 1. The summed E-state index contributed by atoms with van der Waals surface area (Å²) in [6.07, 6.45) is 3.33. The number of nitrogens with zero attached hydrogens (tertiary/aromatic N) is 5. The number of carbonyl (C=O) groups excluding carboxylic acids is 1. The molecule has 0 N–H and O–H groups in total. The lowest BCUT2D eigenvalue weighted by Crippen LogP contribution is -2.51. The van der Waals surface area contributed by atoms with Crippen molar-refractivity contribution in [3.05, 3.63) is 53.1 Å². The molecule has 1 saturated heterocycles. The molecule has 0 unspecified atom stereocenters. The van der Waals surface area contributed by atoms with E-state index in [1.807, 2.05) is 38.3 Å². The highest BCUT2D eigenvalue weighted by Crippen LogP contribution is 2.31. The summed E-state index contributed by atoms with van der Waals surface area (Å²) < 4.78 is 21.5. The summed E-state index contributed by atoms with van der Waals surface area (Å²) in [5, 5.41) is 13.3. The third kappa shape index (κ3) is 4.15. The Morgan fingerprint density at radius 2 is 2.22 bits per heavy atom. The fourth-order valence-corrected chi connectivity index (χ4v) is 3.40. The molecule has 3 rings (SSSR count). The number of hydrogen-bond donors (Lipinski definition) is 0. The van der Waals surface area contributed by atoms with Crippen LogP contribution in [-0.4, -0.2) is 65.4 Å². The number of hydrogen-bond acceptors (Lipinski definition) is 5. The van der Waals surface area contributed by atoms with Crippen molar-refractivity contribution >= 4 is 5.91 Å². The molecule has 2 heterocycles. The summed E-state index contributed by atoms with van der Waals surface area (Å²) in [6, 6.07) is 5.24. The molecule has 142 valence electrons. The molecule has 1 amide bonds. The summed E-state index contributed by atoms with van der Waals surface area (Å²) >= 11 is 0. The van der Waals surface area contributed by atoms with Gasteiger partial charge in [0.25, 0.3) is 5.91 Å². The third-order valence-corrected chi connectivity index (χ3v) is 4.50. The van der Waals surface area contributed by atoms with Crippen LogP contribution in [0.3, 0.4) is 0 Å². The van der Waals surface area contributed by atoms with Crippen LogP contribution in [0, 0.1) is 17.1 Å². The quantitative estimate of drug-likeness (QED) is 0.816. The molecule has 1 aliphatic heterocycles. The Balaban J connectivity index is 1.99. The lowest BCUT2D eigenvalue weighted by atomic mass is 9.99. The standard InChI is InChI=1S/C19H22FN5O2/c1-23(2)12-17-18(15-10-22-24(3)11-15)25(4-5-27-17)19(26)14-6-13(9-21)7-16(20)8-14/h6-8,10-11,17-18H,4-5,12H2,1-3H3/t17-,18-/m0/s1. The third-order valence-electron chi connectivity index (χ3n) is 4.50. The topological polar surface area (TPSA) is 74.4 Å². The maximum absolute atomic E-state index is 13.8. The second-order valence-electron chi connectivity index (χ2n) is 6.90. The second-order valence-corrected chi connectivity index (χ2v) is 6.90. The SMILES string of the molecule is CN(C)C[C@@H]1OCCN(C(=O)c2cc(F)cc(C#N)c2)[C@H]1c1cnn(C)c1. The number of halogens is 1. The van der Waals surface area contributed by atoms with Gasteiger partial charge in [0.05, 0.1) is 36.6 Å². The first-order chi connectivity index (χ1) is 12.9. The van der Waals surface area contributed by atoms with E-state index >= 15 is 0 Å². The number of nitriles is 1. The van der Waals surface area contributed by atoms with Crippen molar-refractivity contribution in [1.82, 2.24) is 19.6 Å². The Bertz CT molecular complexity index is 873. The summed E-state index contributed by atoms with van der Waals surface area (Å²) in [4.78, 5) is 16.9. The van der Waals surface area contributed by atoms with Crippen LogP contribution >= 0.6 is 0 Å². The van der Waals surface area contributed by atoms with Crippen LogP contribution in [0.1, 0.15) is 27.5 Å². The summed E-state index contributed by atoms with van der Waals surface area (Å²) in [5.41, 5.74) is 1.13. The Kier molecular flexibility index (Phi) is 5.54. The van der Waals surface area contributed by atoms with Crippen molar-refractivity contribution in [3.8, 4) is 6.07 Å². The Morgan fingerprint density at radius 3 is 2.85 bits per heavy atom. The normalized spacial score (nSPS) is 19.9. The Morgan fingerprint density at radius 1 is 1.44 bits per heavy atom. The average molecular weight is 371 g/mol. The van der Waals surface area contributed by atoms with Gasteiger partial charge in [-0.3, -0.25) is 9.48 Å². The number of amides is 1. The molecule has 2 atom stereocenters. The van der Waals surface area contributed by atoms with E-state index in [1.165, 1.54) is 12.1 Å². The van der Waals surface area contributed by atoms with Crippen LogP contribution in [0.5, 0.6) is 0 Å². The number of benzene rings is 1. The van der Waals surface area contributed by atoms with Crippen molar-refractivity contribution in [3.63, 3.8) is 0 Å². The molecule has 0 bridgehead atoms. The van der Waals surface area contributed by atoms with Gasteiger partial charge in [0.1, 0.15) is 5.82 Å². The molecule has 1 aliphatic rings. The zero-order chi connectivity index (χ0) is 19.6. The van der Waals surface area contributed by atoms with E-state index in [-0.39, 0.29) is 29.2 Å². The molecule has 7 nitrogen and oxygen atoms in total. The van der Waals surface area contributed by atoms with Crippen LogP contribution in [0.4, 0.5) is 4.39 Å². The number of likely N-dealkylation sites (N-methyl/N-ethyl adjacent to an activating group) is 1. The smallest absolute Gasteiger partial charge is 0.254 e. The van der Waals surface area contributed by atoms with Crippen LogP contribution in [-0.2, 0) is 11.8 Å². The van der Waals surface area contributed by atoms with Gasteiger partial charge in [-0.15, -0.1) is 0 Å². The van der Waals surface area contributed by atoms with Gasteiger partial charge >= 0.3 is 0 Å².